The van der Waals surface area contributed by atoms with Gasteiger partial charge in [0, 0.05) is 39.9 Å². The lowest BCUT2D eigenvalue weighted by Crippen LogP contribution is -2.48. The van der Waals surface area contributed by atoms with Crippen molar-refractivity contribution in [1.29, 1.82) is 0 Å². The second kappa shape index (κ2) is 6.72. The molecular weight excluding hydrogens is 316 g/mol. The van der Waals surface area contributed by atoms with Crippen molar-refractivity contribution < 1.29 is 13.2 Å². The van der Waals surface area contributed by atoms with Gasteiger partial charge in [-0.3, -0.25) is 0 Å². The molecule has 1 aromatic rings. The zero-order valence-electron chi connectivity index (χ0n) is 13.7. The molecule has 2 saturated heterocycles. The van der Waals surface area contributed by atoms with Crippen molar-refractivity contribution in [3.8, 4) is 0 Å². The topological polar surface area (TPSA) is 66.0 Å². The molecule has 1 aromatic heterocycles. The molecular formula is C15H24N4O3S. The van der Waals surface area contributed by atoms with E-state index in [1.54, 1.807) is 14.8 Å². The number of aromatic nitrogens is 1. The number of ether oxygens (including phenoxy) is 1. The molecule has 0 saturated carbocycles. The average molecular weight is 340 g/mol. The van der Waals surface area contributed by atoms with E-state index in [1.165, 1.54) is 0 Å². The zero-order valence-corrected chi connectivity index (χ0v) is 14.5. The van der Waals surface area contributed by atoms with Crippen LogP contribution in [0.5, 0.6) is 0 Å². The Bertz CT molecular complexity index is 644. The zero-order chi connectivity index (χ0) is 16.4. The number of hydrogen-bond donors (Lipinski definition) is 0. The Morgan fingerprint density at radius 1 is 1.26 bits per heavy atom. The first kappa shape index (κ1) is 16.6. The largest absolute Gasteiger partial charge is 0.379 e. The van der Waals surface area contributed by atoms with E-state index in [1.807, 2.05) is 31.1 Å². The average Bonchev–Trinajstić information content (AvgIpc) is 3.06. The van der Waals surface area contributed by atoms with Gasteiger partial charge in [-0.15, -0.1) is 0 Å². The maximum absolute atomic E-state index is 13.0. The Labute approximate surface area is 138 Å². The summed E-state index contributed by atoms with van der Waals surface area (Å²) < 4.78 is 34.4. The molecule has 3 rings (SSSR count). The summed E-state index contributed by atoms with van der Waals surface area (Å²) in [5, 5.41) is 0. The van der Waals surface area contributed by atoms with Gasteiger partial charge in [-0.05, 0) is 30.5 Å². The Morgan fingerprint density at radius 2 is 2.00 bits per heavy atom. The van der Waals surface area contributed by atoms with E-state index < -0.39 is 10.2 Å². The Morgan fingerprint density at radius 3 is 2.70 bits per heavy atom. The molecule has 0 aromatic carbocycles. The maximum Gasteiger partial charge on any atom is 0.282 e. The Balaban J connectivity index is 1.86. The van der Waals surface area contributed by atoms with Crippen LogP contribution in [0.3, 0.4) is 0 Å². The normalized spacial score (nSPS) is 24.0. The van der Waals surface area contributed by atoms with E-state index in [0.29, 0.717) is 32.8 Å². The van der Waals surface area contributed by atoms with E-state index >= 15 is 0 Å². The van der Waals surface area contributed by atoms with Gasteiger partial charge in [-0.1, -0.05) is 0 Å². The highest BCUT2D eigenvalue weighted by Gasteiger charge is 2.39. The van der Waals surface area contributed by atoms with Crippen molar-refractivity contribution in [2.24, 2.45) is 0 Å². The molecule has 0 unspecified atom stereocenters. The number of nitrogens with zero attached hydrogens (tertiary/aromatic N) is 4. The van der Waals surface area contributed by atoms with Crippen LogP contribution in [-0.2, 0) is 14.9 Å². The minimum Gasteiger partial charge on any atom is -0.379 e. The van der Waals surface area contributed by atoms with Crippen LogP contribution in [0.2, 0.25) is 0 Å². The smallest absolute Gasteiger partial charge is 0.282 e. The van der Waals surface area contributed by atoms with Gasteiger partial charge in [-0.2, -0.15) is 17.0 Å². The number of pyridine rings is 1. The van der Waals surface area contributed by atoms with Crippen LogP contribution in [0.25, 0.3) is 0 Å². The van der Waals surface area contributed by atoms with E-state index in [-0.39, 0.29) is 6.04 Å². The molecule has 0 N–H and O–H groups in total. The number of hydrogen-bond acceptors (Lipinski definition) is 5. The fourth-order valence-corrected chi connectivity index (χ4v) is 4.98. The molecule has 0 bridgehead atoms. The molecule has 0 amide bonds. The highest BCUT2D eigenvalue weighted by atomic mass is 32.2. The van der Waals surface area contributed by atoms with Crippen molar-refractivity contribution in [2.45, 2.75) is 18.9 Å². The summed E-state index contributed by atoms with van der Waals surface area (Å²) in [6, 6.07) is 3.80. The van der Waals surface area contributed by atoms with Crippen LogP contribution in [0.1, 0.15) is 24.4 Å². The van der Waals surface area contributed by atoms with Crippen LogP contribution < -0.4 is 4.90 Å². The summed E-state index contributed by atoms with van der Waals surface area (Å²) in [6.07, 6.45) is 3.48. The molecule has 0 spiro atoms. The third-order valence-electron chi connectivity index (χ3n) is 4.41. The minimum absolute atomic E-state index is 0.107. The van der Waals surface area contributed by atoms with Gasteiger partial charge in [0.05, 0.1) is 19.3 Å². The maximum atomic E-state index is 13.0. The SMILES string of the molecule is CN(C)c1cc([C@H]2CCCN2S(=O)(=O)N2CCOCC2)ccn1. The highest BCUT2D eigenvalue weighted by Crippen LogP contribution is 2.36. The number of rotatable bonds is 4. The quantitative estimate of drug-likeness (QED) is 0.813. The summed E-state index contributed by atoms with van der Waals surface area (Å²) in [5.41, 5.74) is 1.01. The van der Waals surface area contributed by atoms with Crippen LogP contribution in [0.15, 0.2) is 18.3 Å². The highest BCUT2D eigenvalue weighted by molar-refractivity contribution is 7.86. The molecule has 2 aliphatic rings. The van der Waals surface area contributed by atoms with Crippen LogP contribution >= 0.6 is 0 Å². The lowest BCUT2D eigenvalue weighted by Gasteiger charge is -2.33. The summed E-state index contributed by atoms with van der Waals surface area (Å²) >= 11 is 0. The molecule has 1 atom stereocenters. The molecule has 0 aliphatic carbocycles. The monoisotopic (exact) mass is 340 g/mol. The lowest BCUT2D eigenvalue weighted by molar-refractivity contribution is 0.0699. The van der Waals surface area contributed by atoms with E-state index in [4.69, 9.17) is 4.74 Å². The van der Waals surface area contributed by atoms with Crippen molar-refractivity contribution in [1.82, 2.24) is 13.6 Å². The van der Waals surface area contributed by atoms with Crippen molar-refractivity contribution in [3.05, 3.63) is 23.9 Å². The molecule has 2 fully saturated rings. The Kier molecular flexibility index (Phi) is 4.86. The third kappa shape index (κ3) is 3.35. The molecule has 8 heteroatoms. The molecule has 128 valence electrons. The second-order valence-corrected chi connectivity index (χ2v) is 8.01. The first-order chi connectivity index (χ1) is 11.0. The number of anilines is 1. The van der Waals surface area contributed by atoms with Crippen LogP contribution in [0, 0.1) is 0 Å². The fraction of sp³-hybridized carbons (Fsp3) is 0.667. The molecule has 0 radical (unpaired) electrons. The van der Waals surface area contributed by atoms with Crippen LogP contribution in [0.4, 0.5) is 5.82 Å². The van der Waals surface area contributed by atoms with E-state index in [0.717, 1.165) is 24.2 Å². The molecule has 7 nitrogen and oxygen atoms in total. The van der Waals surface area contributed by atoms with E-state index in [9.17, 15) is 8.42 Å². The first-order valence-electron chi connectivity index (χ1n) is 7.98. The molecule has 3 heterocycles. The van der Waals surface area contributed by atoms with Gasteiger partial charge in [-0.25, -0.2) is 4.98 Å². The van der Waals surface area contributed by atoms with Gasteiger partial charge in [0.15, 0.2) is 0 Å². The van der Waals surface area contributed by atoms with Crippen molar-refractivity contribution in [2.75, 3.05) is 51.8 Å². The first-order valence-corrected chi connectivity index (χ1v) is 9.38. The van der Waals surface area contributed by atoms with Gasteiger partial charge in [0.2, 0.25) is 0 Å². The summed E-state index contributed by atoms with van der Waals surface area (Å²) in [4.78, 5) is 6.25. The van der Waals surface area contributed by atoms with Gasteiger partial charge < -0.3 is 9.64 Å². The van der Waals surface area contributed by atoms with Gasteiger partial charge in [0.1, 0.15) is 5.82 Å². The minimum atomic E-state index is -3.44. The fourth-order valence-electron chi connectivity index (χ4n) is 3.16. The predicted octanol–water partition coefficient (Wildman–Crippen LogP) is 0.861. The van der Waals surface area contributed by atoms with Crippen molar-refractivity contribution >= 4 is 16.0 Å². The molecule has 23 heavy (non-hydrogen) atoms. The lowest BCUT2D eigenvalue weighted by atomic mass is 10.1. The van der Waals surface area contributed by atoms with E-state index in [2.05, 4.69) is 4.98 Å². The third-order valence-corrected chi connectivity index (χ3v) is 6.46. The van der Waals surface area contributed by atoms with Crippen molar-refractivity contribution in [3.63, 3.8) is 0 Å². The molecule has 2 aliphatic heterocycles. The Hall–Kier alpha value is -1.22. The summed E-state index contributed by atoms with van der Waals surface area (Å²) in [7, 11) is 0.428. The van der Waals surface area contributed by atoms with Gasteiger partial charge >= 0.3 is 0 Å². The predicted molar refractivity (Wildman–Crippen MR) is 88.6 cm³/mol. The van der Waals surface area contributed by atoms with Crippen LogP contribution in [-0.4, -0.2) is 69.0 Å². The van der Waals surface area contributed by atoms with Gasteiger partial charge in [0.25, 0.3) is 10.2 Å². The number of morpholine rings is 1. The summed E-state index contributed by atoms with van der Waals surface area (Å²) in [5.74, 6) is 0.845. The second-order valence-electron chi connectivity index (χ2n) is 6.13. The summed E-state index contributed by atoms with van der Waals surface area (Å²) in [6.45, 7) is 2.38. The standard InChI is InChI=1S/C15H24N4O3S/c1-17(2)15-12-13(5-6-16-15)14-4-3-7-19(14)23(20,21)18-8-10-22-11-9-18/h5-6,12,14H,3-4,7-11H2,1-2H3/t14-/m1/s1.